The van der Waals surface area contributed by atoms with Crippen molar-refractivity contribution in [3.63, 3.8) is 0 Å². The van der Waals surface area contributed by atoms with Crippen molar-refractivity contribution in [1.82, 2.24) is 0 Å². The van der Waals surface area contributed by atoms with Gasteiger partial charge in [0.05, 0.1) is 12.2 Å². The largest absolute Gasteiger partial charge is 0.480 e. The summed E-state index contributed by atoms with van der Waals surface area (Å²) in [6.07, 6.45) is -0.0491. The van der Waals surface area contributed by atoms with Gasteiger partial charge >= 0.3 is 5.97 Å². The third-order valence-corrected chi connectivity index (χ3v) is 3.69. The van der Waals surface area contributed by atoms with Crippen LogP contribution in [0.3, 0.4) is 0 Å². The Morgan fingerprint density at radius 1 is 1.04 bits per heavy atom. The number of esters is 1. The van der Waals surface area contributed by atoms with E-state index in [0.717, 1.165) is 5.56 Å². The van der Waals surface area contributed by atoms with E-state index in [-0.39, 0.29) is 11.9 Å². The SMILES string of the molecule is CCOC(=O)c1ccc(NC(=O)C(CC)Oc2ccccc2C)cc1. The zero-order valence-corrected chi connectivity index (χ0v) is 14.7. The Morgan fingerprint density at radius 2 is 1.72 bits per heavy atom. The second kappa shape index (κ2) is 8.87. The van der Waals surface area contributed by atoms with Crippen LogP contribution in [0, 0.1) is 6.92 Å². The number of hydrogen-bond donors (Lipinski definition) is 1. The van der Waals surface area contributed by atoms with Gasteiger partial charge in [0.15, 0.2) is 6.10 Å². The van der Waals surface area contributed by atoms with Crippen molar-refractivity contribution in [2.24, 2.45) is 0 Å². The molecule has 5 nitrogen and oxygen atoms in total. The van der Waals surface area contributed by atoms with Gasteiger partial charge in [-0.3, -0.25) is 4.79 Å². The molecule has 2 rings (SSSR count). The van der Waals surface area contributed by atoms with E-state index in [4.69, 9.17) is 9.47 Å². The summed E-state index contributed by atoms with van der Waals surface area (Å²) < 4.78 is 10.8. The Morgan fingerprint density at radius 3 is 2.32 bits per heavy atom. The molecule has 0 bridgehead atoms. The number of carbonyl (C=O) groups is 2. The number of carbonyl (C=O) groups excluding carboxylic acids is 2. The molecule has 0 aliphatic heterocycles. The number of aryl methyl sites for hydroxylation is 1. The Balaban J connectivity index is 2.02. The average Bonchev–Trinajstić information content (AvgIpc) is 2.61. The maximum Gasteiger partial charge on any atom is 0.338 e. The van der Waals surface area contributed by atoms with Crippen LogP contribution in [0.4, 0.5) is 5.69 Å². The van der Waals surface area contributed by atoms with Crippen LogP contribution in [0.5, 0.6) is 5.75 Å². The maximum absolute atomic E-state index is 12.5. The predicted molar refractivity (Wildman–Crippen MR) is 96.9 cm³/mol. The van der Waals surface area contributed by atoms with Crippen molar-refractivity contribution in [3.05, 3.63) is 59.7 Å². The number of para-hydroxylation sites is 1. The molecule has 132 valence electrons. The second-order valence-corrected chi connectivity index (χ2v) is 5.57. The van der Waals surface area contributed by atoms with E-state index < -0.39 is 6.10 Å². The van der Waals surface area contributed by atoms with Crippen LogP contribution in [0.1, 0.15) is 36.2 Å². The van der Waals surface area contributed by atoms with Crippen LogP contribution >= 0.6 is 0 Å². The van der Waals surface area contributed by atoms with Gasteiger partial charge in [-0.05, 0) is 56.2 Å². The zero-order chi connectivity index (χ0) is 18.2. The van der Waals surface area contributed by atoms with Crippen LogP contribution in [-0.4, -0.2) is 24.6 Å². The molecule has 1 unspecified atom stereocenters. The number of ether oxygens (including phenoxy) is 2. The molecule has 0 aromatic heterocycles. The van der Waals surface area contributed by atoms with E-state index in [1.165, 1.54) is 0 Å². The van der Waals surface area contributed by atoms with E-state index in [1.807, 2.05) is 38.1 Å². The molecule has 0 radical (unpaired) electrons. The standard InChI is InChI=1S/C20H23NO4/c1-4-17(25-18-9-7-6-8-14(18)3)19(22)21-16-12-10-15(11-13-16)20(23)24-5-2/h6-13,17H,4-5H2,1-3H3,(H,21,22). The minimum atomic E-state index is -0.592. The molecule has 0 fully saturated rings. The molecule has 2 aromatic carbocycles. The number of rotatable bonds is 7. The molecule has 0 aliphatic carbocycles. The highest BCUT2D eigenvalue weighted by Gasteiger charge is 2.19. The minimum Gasteiger partial charge on any atom is -0.480 e. The number of hydrogen-bond acceptors (Lipinski definition) is 4. The van der Waals surface area contributed by atoms with Gasteiger partial charge in [0.2, 0.25) is 0 Å². The number of amides is 1. The molecule has 1 atom stereocenters. The monoisotopic (exact) mass is 341 g/mol. The second-order valence-electron chi connectivity index (χ2n) is 5.57. The molecule has 0 spiro atoms. The van der Waals surface area contributed by atoms with Gasteiger partial charge in [-0.1, -0.05) is 25.1 Å². The fraction of sp³-hybridized carbons (Fsp3) is 0.300. The first-order chi connectivity index (χ1) is 12.0. The number of nitrogens with one attached hydrogen (secondary N) is 1. The van der Waals surface area contributed by atoms with E-state index in [0.29, 0.717) is 30.0 Å². The van der Waals surface area contributed by atoms with Gasteiger partial charge in [0, 0.05) is 5.69 Å². The highest BCUT2D eigenvalue weighted by atomic mass is 16.5. The summed E-state index contributed by atoms with van der Waals surface area (Å²) in [7, 11) is 0. The fourth-order valence-corrected chi connectivity index (χ4v) is 2.29. The maximum atomic E-state index is 12.5. The molecule has 2 aromatic rings. The highest BCUT2D eigenvalue weighted by Crippen LogP contribution is 2.20. The molecular formula is C20H23NO4. The fourth-order valence-electron chi connectivity index (χ4n) is 2.29. The lowest BCUT2D eigenvalue weighted by atomic mass is 10.2. The lowest BCUT2D eigenvalue weighted by molar-refractivity contribution is -0.122. The molecule has 0 heterocycles. The van der Waals surface area contributed by atoms with Crippen molar-refractivity contribution < 1.29 is 19.1 Å². The van der Waals surface area contributed by atoms with Crippen molar-refractivity contribution >= 4 is 17.6 Å². The molecule has 0 saturated heterocycles. The summed E-state index contributed by atoms with van der Waals surface area (Å²) in [6, 6.07) is 14.2. The lowest BCUT2D eigenvalue weighted by Crippen LogP contribution is -2.32. The average molecular weight is 341 g/mol. The Kier molecular flexibility index (Phi) is 6.57. The first-order valence-corrected chi connectivity index (χ1v) is 8.35. The van der Waals surface area contributed by atoms with E-state index in [1.54, 1.807) is 31.2 Å². The summed E-state index contributed by atoms with van der Waals surface area (Å²) in [4.78, 5) is 24.1. The summed E-state index contributed by atoms with van der Waals surface area (Å²) in [5.41, 5.74) is 2.03. The van der Waals surface area contributed by atoms with Gasteiger partial charge < -0.3 is 14.8 Å². The third kappa shape index (κ3) is 5.08. The van der Waals surface area contributed by atoms with Crippen LogP contribution in [0.25, 0.3) is 0 Å². The quantitative estimate of drug-likeness (QED) is 0.774. The summed E-state index contributed by atoms with van der Waals surface area (Å²) >= 11 is 0. The molecule has 0 saturated carbocycles. The van der Waals surface area contributed by atoms with Crippen LogP contribution in [-0.2, 0) is 9.53 Å². The summed E-state index contributed by atoms with van der Waals surface area (Å²) in [5.74, 6) is 0.0893. The highest BCUT2D eigenvalue weighted by molar-refractivity contribution is 5.95. The smallest absolute Gasteiger partial charge is 0.338 e. The molecule has 25 heavy (non-hydrogen) atoms. The van der Waals surface area contributed by atoms with Gasteiger partial charge in [-0.25, -0.2) is 4.79 Å². The Bertz CT molecular complexity index is 725. The first kappa shape index (κ1) is 18.5. The van der Waals surface area contributed by atoms with E-state index in [9.17, 15) is 9.59 Å². The Labute approximate surface area is 148 Å². The minimum absolute atomic E-state index is 0.227. The van der Waals surface area contributed by atoms with E-state index in [2.05, 4.69) is 5.32 Å². The van der Waals surface area contributed by atoms with Gasteiger partial charge in [0.25, 0.3) is 5.91 Å². The van der Waals surface area contributed by atoms with E-state index >= 15 is 0 Å². The molecule has 0 aliphatic rings. The van der Waals surface area contributed by atoms with Crippen molar-refractivity contribution in [1.29, 1.82) is 0 Å². The zero-order valence-electron chi connectivity index (χ0n) is 14.7. The van der Waals surface area contributed by atoms with Gasteiger partial charge in [0.1, 0.15) is 5.75 Å². The summed E-state index contributed by atoms with van der Waals surface area (Å²) in [6.45, 7) is 5.91. The van der Waals surface area contributed by atoms with Crippen molar-refractivity contribution in [3.8, 4) is 5.75 Å². The predicted octanol–water partition coefficient (Wildman–Crippen LogP) is 3.97. The third-order valence-electron chi connectivity index (χ3n) is 3.69. The van der Waals surface area contributed by atoms with Crippen LogP contribution in [0.15, 0.2) is 48.5 Å². The number of anilines is 1. The topological polar surface area (TPSA) is 64.6 Å². The van der Waals surface area contributed by atoms with Gasteiger partial charge in [-0.15, -0.1) is 0 Å². The Hall–Kier alpha value is -2.82. The molecule has 1 amide bonds. The van der Waals surface area contributed by atoms with Crippen molar-refractivity contribution in [2.75, 3.05) is 11.9 Å². The van der Waals surface area contributed by atoms with Crippen LogP contribution in [0.2, 0.25) is 0 Å². The normalized spacial score (nSPS) is 11.5. The lowest BCUT2D eigenvalue weighted by Gasteiger charge is -2.18. The first-order valence-electron chi connectivity index (χ1n) is 8.35. The van der Waals surface area contributed by atoms with Gasteiger partial charge in [-0.2, -0.15) is 0 Å². The molecule has 1 N–H and O–H groups in total. The molecular weight excluding hydrogens is 318 g/mol. The van der Waals surface area contributed by atoms with Crippen molar-refractivity contribution in [2.45, 2.75) is 33.3 Å². The summed E-state index contributed by atoms with van der Waals surface area (Å²) in [5, 5.41) is 2.81. The number of benzene rings is 2. The van der Waals surface area contributed by atoms with Crippen LogP contribution < -0.4 is 10.1 Å². The molecule has 5 heteroatoms.